The molecular formula is C23H26. The average molecular weight is 302 g/mol. The molecule has 0 heterocycles. The molecule has 0 saturated carbocycles. The van der Waals surface area contributed by atoms with Gasteiger partial charge in [-0.25, -0.2) is 0 Å². The van der Waals surface area contributed by atoms with Crippen molar-refractivity contribution in [2.24, 2.45) is 11.8 Å². The van der Waals surface area contributed by atoms with Gasteiger partial charge in [-0.15, -0.1) is 0 Å². The summed E-state index contributed by atoms with van der Waals surface area (Å²) < 4.78 is 0. The Kier molecular flexibility index (Phi) is 4.81. The van der Waals surface area contributed by atoms with Gasteiger partial charge in [-0.3, -0.25) is 0 Å². The van der Waals surface area contributed by atoms with Crippen LogP contribution in [0.2, 0.25) is 0 Å². The van der Waals surface area contributed by atoms with E-state index in [-0.39, 0.29) is 5.41 Å². The Bertz CT molecular complexity index is 666. The van der Waals surface area contributed by atoms with Crippen LogP contribution in [0.1, 0.15) is 31.4 Å². The second-order valence-corrected chi connectivity index (χ2v) is 6.85. The van der Waals surface area contributed by atoms with Crippen LogP contribution in [0.5, 0.6) is 0 Å². The minimum atomic E-state index is 0.115. The average Bonchev–Trinajstić information content (AvgIpc) is 2.63. The fourth-order valence-corrected chi connectivity index (χ4v) is 3.87. The highest BCUT2D eigenvalue weighted by Crippen LogP contribution is 2.43. The summed E-state index contributed by atoms with van der Waals surface area (Å²) in [6.45, 7) is 4.82. The molecule has 3 rings (SSSR count). The van der Waals surface area contributed by atoms with Crippen molar-refractivity contribution in [3.63, 3.8) is 0 Å². The lowest BCUT2D eigenvalue weighted by Gasteiger charge is -2.41. The van der Waals surface area contributed by atoms with Gasteiger partial charge in [0.25, 0.3) is 0 Å². The summed E-state index contributed by atoms with van der Waals surface area (Å²) in [5.74, 6) is 1.19. The molecule has 0 bridgehead atoms. The molecule has 2 aromatic carbocycles. The molecule has 0 amide bonds. The molecule has 23 heavy (non-hydrogen) atoms. The van der Waals surface area contributed by atoms with Crippen molar-refractivity contribution in [2.45, 2.75) is 32.1 Å². The van der Waals surface area contributed by atoms with Gasteiger partial charge < -0.3 is 0 Å². The van der Waals surface area contributed by atoms with Crippen molar-refractivity contribution in [3.8, 4) is 0 Å². The van der Waals surface area contributed by atoms with E-state index in [0.29, 0.717) is 11.8 Å². The van der Waals surface area contributed by atoms with Gasteiger partial charge in [-0.05, 0) is 35.8 Å². The number of allylic oxidation sites excluding steroid dienone is 4. The van der Waals surface area contributed by atoms with Crippen molar-refractivity contribution < 1.29 is 0 Å². The maximum absolute atomic E-state index is 2.43. The molecule has 1 aliphatic carbocycles. The number of hydrogen-bond donors (Lipinski definition) is 0. The highest BCUT2D eigenvalue weighted by molar-refractivity contribution is 5.37. The summed E-state index contributed by atoms with van der Waals surface area (Å²) >= 11 is 0. The van der Waals surface area contributed by atoms with E-state index in [1.54, 1.807) is 0 Å². The maximum atomic E-state index is 2.43. The first-order valence-corrected chi connectivity index (χ1v) is 8.66. The zero-order valence-corrected chi connectivity index (χ0v) is 14.2. The zero-order valence-electron chi connectivity index (χ0n) is 14.2. The fourth-order valence-electron chi connectivity index (χ4n) is 3.87. The molecule has 0 radical (unpaired) electrons. The molecule has 0 aliphatic heterocycles. The van der Waals surface area contributed by atoms with Crippen molar-refractivity contribution in [1.82, 2.24) is 0 Å². The molecule has 118 valence electrons. The Morgan fingerprint density at radius 2 is 1.52 bits per heavy atom. The van der Waals surface area contributed by atoms with Gasteiger partial charge in [0.2, 0.25) is 0 Å². The van der Waals surface area contributed by atoms with E-state index < -0.39 is 0 Å². The Labute approximate surface area is 140 Å². The molecule has 3 unspecified atom stereocenters. The van der Waals surface area contributed by atoms with Crippen molar-refractivity contribution in [1.29, 1.82) is 0 Å². The largest absolute Gasteiger partial charge is 0.0833 e. The van der Waals surface area contributed by atoms with Gasteiger partial charge in [0.15, 0.2) is 0 Å². The second kappa shape index (κ2) is 7.00. The van der Waals surface area contributed by atoms with Crippen LogP contribution >= 0.6 is 0 Å². The van der Waals surface area contributed by atoms with Gasteiger partial charge in [-0.2, -0.15) is 0 Å². The van der Waals surface area contributed by atoms with E-state index in [9.17, 15) is 0 Å². The van der Waals surface area contributed by atoms with Crippen molar-refractivity contribution in [2.75, 3.05) is 0 Å². The molecule has 1 aliphatic rings. The second-order valence-electron chi connectivity index (χ2n) is 6.85. The minimum Gasteiger partial charge on any atom is -0.0833 e. The third-order valence-corrected chi connectivity index (χ3v) is 5.47. The third kappa shape index (κ3) is 3.32. The molecule has 0 fully saturated rings. The first-order chi connectivity index (χ1) is 11.2. The van der Waals surface area contributed by atoms with Crippen LogP contribution in [-0.2, 0) is 11.8 Å². The molecule has 2 aromatic rings. The predicted octanol–water partition coefficient (Wildman–Crippen LogP) is 5.96. The van der Waals surface area contributed by atoms with E-state index in [0.717, 1.165) is 12.8 Å². The van der Waals surface area contributed by atoms with Crippen LogP contribution in [-0.4, -0.2) is 0 Å². The lowest BCUT2D eigenvalue weighted by Crippen LogP contribution is -2.36. The van der Waals surface area contributed by atoms with E-state index in [1.807, 2.05) is 0 Å². The first kappa shape index (κ1) is 15.8. The number of hydrogen-bond acceptors (Lipinski definition) is 0. The molecule has 0 spiro atoms. The van der Waals surface area contributed by atoms with Crippen molar-refractivity contribution in [3.05, 3.63) is 96.1 Å². The van der Waals surface area contributed by atoms with Gasteiger partial charge in [0.05, 0.1) is 0 Å². The predicted molar refractivity (Wildman–Crippen MR) is 99.5 cm³/mol. The molecule has 0 aromatic heterocycles. The SMILES string of the molecule is CC(Cc1ccccc1)C(C)C1(c2ccccc2)C=CC=CC1. The summed E-state index contributed by atoms with van der Waals surface area (Å²) in [6.07, 6.45) is 11.4. The quantitative estimate of drug-likeness (QED) is 0.639. The third-order valence-electron chi connectivity index (χ3n) is 5.47. The standard InChI is InChI=1S/C23H26/c1-19(18-21-12-6-3-7-13-21)20(2)23(16-10-5-11-17-23)22-14-8-4-9-15-22/h3-16,19-20H,17-18H2,1-2H3. The monoisotopic (exact) mass is 302 g/mol. The van der Waals surface area contributed by atoms with Crippen LogP contribution in [0.25, 0.3) is 0 Å². The maximum Gasteiger partial charge on any atom is 0.0198 e. The van der Waals surface area contributed by atoms with Gasteiger partial charge in [0, 0.05) is 5.41 Å². The van der Waals surface area contributed by atoms with Crippen LogP contribution in [0, 0.1) is 11.8 Å². The molecule has 0 N–H and O–H groups in total. The molecule has 3 atom stereocenters. The summed E-state index contributed by atoms with van der Waals surface area (Å²) in [4.78, 5) is 0. The van der Waals surface area contributed by atoms with Gasteiger partial charge >= 0.3 is 0 Å². The topological polar surface area (TPSA) is 0 Å². The Balaban J connectivity index is 1.88. The Morgan fingerprint density at radius 1 is 0.870 bits per heavy atom. The summed E-state index contributed by atoms with van der Waals surface area (Å²) in [5.41, 5.74) is 2.99. The highest BCUT2D eigenvalue weighted by atomic mass is 14.4. The minimum absolute atomic E-state index is 0.115. The smallest absolute Gasteiger partial charge is 0.0198 e. The number of rotatable bonds is 5. The molecule has 0 heteroatoms. The lowest BCUT2D eigenvalue weighted by molar-refractivity contribution is 0.257. The summed E-state index contributed by atoms with van der Waals surface area (Å²) in [5, 5.41) is 0. The van der Waals surface area contributed by atoms with Gasteiger partial charge in [0.1, 0.15) is 0 Å². The van der Waals surface area contributed by atoms with E-state index in [4.69, 9.17) is 0 Å². The van der Waals surface area contributed by atoms with Crippen molar-refractivity contribution >= 4 is 0 Å². The van der Waals surface area contributed by atoms with E-state index >= 15 is 0 Å². The van der Waals surface area contributed by atoms with E-state index in [2.05, 4.69) is 98.8 Å². The van der Waals surface area contributed by atoms with Crippen LogP contribution in [0.3, 0.4) is 0 Å². The zero-order chi connectivity index (χ0) is 16.1. The lowest BCUT2D eigenvalue weighted by atomic mass is 9.63. The fraction of sp³-hybridized carbons (Fsp3) is 0.304. The Hall–Kier alpha value is -2.08. The first-order valence-electron chi connectivity index (χ1n) is 8.66. The molecular weight excluding hydrogens is 276 g/mol. The molecule has 0 nitrogen and oxygen atoms in total. The summed E-state index contributed by atoms with van der Waals surface area (Å²) in [6, 6.07) is 21.9. The normalized spacial score (nSPS) is 22.7. The summed E-state index contributed by atoms with van der Waals surface area (Å²) in [7, 11) is 0. The Morgan fingerprint density at radius 3 is 2.13 bits per heavy atom. The number of benzene rings is 2. The van der Waals surface area contributed by atoms with Crippen LogP contribution in [0.4, 0.5) is 0 Å². The van der Waals surface area contributed by atoms with Crippen LogP contribution in [0.15, 0.2) is 85.0 Å². The highest BCUT2D eigenvalue weighted by Gasteiger charge is 2.37. The molecule has 0 saturated heterocycles. The van der Waals surface area contributed by atoms with E-state index in [1.165, 1.54) is 11.1 Å². The van der Waals surface area contributed by atoms with Crippen LogP contribution < -0.4 is 0 Å². The van der Waals surface area contributed by atoms with Gasteiger partial charge in [-0.1, -0.05) is 98.8 Å².